The Morgan fingerprint density at radius 1 is 1.32 bits per heavy atom. The fourth-order valence-electron chi connectivity index (χ4n) is 3.19. The fourth-order valence-corrected chi connectivity index (χ4v) is 3.36. The summed E-state index contributed by atoms with van der Waals surface area (Å²) in [6, 6.07) is 12.2. The van der Waals surface area contributed by atoms with Crippen LogP contribution in [0.3, 0.4) is 0 Å². The summed E-state index contributed by atoms with van der Waals surface area (Å²) in [7, 11) is 1.64. The Labute approximate surface area is 151 Å². The number of nitrogens with zero attached hydrogens (tertiary/aromatic N) is 1. The van der Waals surface area contributed by atoms with Gasteiger partial charge in [0.2, 0.25) is 5.91 Å². The predicted octanol–water partition coefficient (Wildman–Crippen LogP) is 4.26. The smallest absolute Gasteiger partial charge is 0.238 e. The number of carbonyl (C=O) groups is 1. The summed E-state index contributed by atoms with van der Waals surface area (Å²) in [4.78, 5) is 14.4. The minimum absolute atomic E-state index is 0.109. The minimum Gasteiger partial charge on any atom is -0.497 e. The summed E-state index contributed by atoms with van der Waals surface area (Å²) in [5.74, 6) is 0.0647. The number of benzene rings is 2. The Hall–Kier alpha value is -2.11. The van der Waals surface area contributed by atoms with Gasteiger partial charge in [-0.1, -0.05) is 23.7 Å². The zero-order valence-electron chi connectivity index (χ0n) is 14.0. The van der Waals surface area contributed by atoms with E-state index >= 15 is 0 Å². The Morgan fingerprint density at radius 2 is 2.08 bits per heavy atom. The lowest BCUT2D eigenvalue weighted by Crippen LogP contribution is -2.33. The van der Waals surface area contributed by atoms with Crippen molar-refractivity contribution in [3.8, 4) is 5.75 Å². The van der Waals surface area contributed by atoms with Gasteiger partial charge in [0.15, 0.2) is 0 Å². The summed E-state index contributed by atoms with van der Waals surface area (Å²) in [6.07, 6.45) is 2.01. The number of ether oxygens (including phenoxy) is 1. The Balaban J connectivity index is 1.66. The van der Waals surface area contributed by atoms with Crippen molar-refractivity contribution >= 4 is 23.2 Å². The molecule has 3 rings (SSSR count). The minimum atomic E-state index is -0.495. The highest BCUT2D eigenvalue weighted by Crippen LogP contribution is 2.32. The van der Waals surface area contributed by atoms with Gasteiger partial charge in [-0.05, 0) is 55.3 Å². The molecule has 0 bridgehead atoms. The molecule has 1 atom stereocenters. The van der Waals surface area contributed by atoms with Crippen molar-refractivity contribution in [1.29, 1.82) is 0 Å². The molecule has 1 aliphatic rings. The van der Waals surface area contributed by atoms with Crippen LogP contribution >= 0.6 is 11.6 Å². The van der Waals surface area contributed by atoms with E-state index in [1.165, 1.54) is 18.2 Å². The van der Waals surface area contributed by atoms with E-state index in [0.717, 1.165) is 30.7 Å². The van der Waals surface area contributed by atoms with Crippen molar-refractivity contribution in [2.24, 2.45) is 0 Å². The molecule has 1 N–H and O–H groups in total. The van der Waals surface area contributed by atoms with E-state index in [1.807, 2.05) is 24.3 Å². The van der Waals surface area contributed by atoms with E-state index < -0.39 is 5.82 Å². The molecule has 1 heterocycles. The van der Waals surface area contributed by atoms with Gasteiger partial charge in [-0.3, -0.25) is 9.69 Å². The summed E-state index contributed by atoms with van der Waals surface area (Å²) in [5.41, 5.74) is 1.26. The lowest BCUT2D eigenvalue weighted by Gasteiger charge is -2.24. The van der Waals surface area contributed by atoms with E-state index in [0.29, 0.717) is 5.02 Å². The maximum absolute atomic E-state index is 13.8. The van der Waals surface area contributed by atoms with Crippen molar-refractivity contribution in [3.05, 3.63) is 58.9 Å². The van der Waals surface area contributed by atoms with Gasteiger partial charge in [-0.2, -0.15) is 0 Å². The highest BCUT2D eigenvalue weighted by atomic mass is 35.5. The van der Waals surface area contributed by atoms with Crippen molar-refractivity contribution in [3.63, 3.8) is 0 Å². The molecular weight excluding hydrogens is 343 g/mol. The third-order valence-corrected chi connectivity index (χ3v) is 4.65. The number of halogens is 2. The first-order valence-corrected chi connectivity index (χ1v) is 8.57. The molecule has 0 unspecified atom stereocenters. The van der Waals surface area contributed by atoms with Gasteiger partial charge in [0.1, 0.15) is 11.6 Å². The lowest BCUT2D eigenvalue weighted by molar-refractivity contribution is -0.117. The van der Waals surface area contributed by atoms with E-state index in [2.05, 4.69) is 10.2 Å². The second kappa shape index (κ2) is 7.85. The molecule has 1 amide bonds. The van der Waals surface area contributed by atoms with Crippen LogP contribution in [-0.2, 0) is 4.79 Å². The Kier molecular flexibility index (Phi) is 5.56. The molecule has 0 aliphatic carbocycles. The van der Waals surface area contributed by atoms with Crippen LogP contribution in [0.4, 0.5) is 10.1 Å². The maximum Gasteiger partial charge on any atom is 0.238 e. The van der Waals surface area contributed by atoms with E-state index in [-0.39, 0.29) is 24.2 Å². The van der Waals surface area contributed by atoms with Crippen LogP contribution in [0, 0.1) is 5.82 Å². The average Bonchev–Trinajstić information content (AvgIpc) is 3.06. The molecule has 6 heteroatoms. The first-order valence-electron chi connectivity index (χ1n) is 8.19. The number of methoxy groups -OCH3 is 1. The van der Waals surface area contributed by atoms with Crippen LogP contribution in [0.1, 0.15) is 24.4 Å². The standard InChI is InChI=1S/C19H20ClFN2O2/c1-25-15-7-4-13(5-8-15)18-3-2-10-23(18)12-19(24)22-17-11-14(20)6-9-16(17)21/h4-9,11,18H,2-3,10,12H2,1H3,(H,22,24)/t18-/m0/s1. The quantitative estimate of drug-likeness (QED) is 0.863. The van der Waals surface area contributed by atoms with Crippen LogP contribution in [0.5, 0.6) is 5.75 Å². The number of hydrogen-bond donors (Lipinski definition) is 1. The Morgan fingerprint density at radius 3 is 2.80 bits per heavy atom. The third-order valence-electron chi connectivity index (χ3n) is 4.41. The highest BCUT2D eigenvalue weighted by molar-refractivity contribution is 6.30. The predicted molar refractivity (Wildman–Crippen MR) is 96.6 cm³/mol. The third kappa shape index (κ3) is 4.30. The number of nitrogens with one attached hydrogen (secondary N) is 1. The van der Waals surface area contributed by atoms with Crippen LogP contribution in [0.25, 0.3) is 0 Å². The number of rotatable bonds is 5. The maximum atomic E-state index is 13.8. The first kappa shape index (κ1) is 17.7. The molecule has 4 nitrogen and oxygen atoms in total. The topological polar surface area (TPSA) is 41.6 Å². The van der Waals surface area contributed by atoms with Crippen molar-refractivity contribution < 1.29 is 13.9 Å². The van der Waals surface area contributed by atoms with E-state index in [4.69, 9.17) is 16.3 Å². The largest absolute Gasteiger partial charge is 0.497 e. The molecule has 25 heavy (non-hydrogen) atoms. The van der Waals surface area contributed by atoms with Gasteiger partial charge in [0, 0.05) is 11.1 Å². The average molecular weight is 363 g/mol. The molecule has 2 aromatic rings. The normalized spacial score (nSPS) is 17.5. The zero-order chi connectivity index (χ0) is 17.8. The molecule has 0 aromatic heterocycles. The monoisotopic (exact) mass is 362 g/mol. The zero-order valence-corrected chi connectivity index (χ0v) is 14.7. The van der Waals surface area contributed by atoms with Gasteiger partial charge >= 0.3 is 0 Å². The van der Waals surface area contributed by atoms with Crippen molar-refractivity contribution in [1.82, 2.24) is 4.90 Å². The number of hydrogen-bond acceptors (Lipinski definition) is 3. The Bertz CT molecular complexity index is 752. The molecule has 0 radical (unpaired) electrons. The number of carbonyl (C=O) groups excluding carboxylic acids is 1. The molecule has 132 valence electrons. The van der Waals surface area contributed by atoms with Crippen LogP contribution in [-0.4, -0.2) is 31.0 Å². The lowest BCUT2D eigenvalue weighted by atomic mass is 10.0. The van der Waals surface area contributed by atoms with Crippen molar-refractivity contribution in [2.45, 2.75) is 18.9 Å². The SMILES string of the molecule is COc1ccc([C@@H]2CCCN2CC(=O)Nc2cc(Cl)ccc2F)cc1. The summed E-state index contributed by atoms with van der Waals surface area (Å²) in [6.45, 7) is 1.05. The van der Waals surface area contributed by atoms with Crippen LogP contribution in [0.2, 0.25) is 5.02 Å². The van der Waals surface area contributed by atoms with E-state index in [1.54, 1.807) is 7.11 Å². The molecule has 2 aromatic carbocycles. The second-order valence-corrected chi connectivity index (χ2v) is 6.51. The summed E-state index contributed by atoms with van der Waals surface area (Å²) in [5, 5.41) is 2.99. The number of amides is 1. The number of likely N-dealkylation sites (tertiary alicyclic amines) is 1. The molecule has 1 fully saturated rings. The van der Waals surface area contributed by atoms with Crippen LogP contribution < -0.4 is 10.1 Å². The van der Waals surface area contributed by atoms with Gasteiger partial charge in [0.25, 0.3) is 0 Å². The second-order valence-electron chi connectivity index (χ2n) is 6.07. The van der Waals surface area contributed by atoms with Gasteiger partial charge in [-0.25, -0.2) is 4.39 Å². The van der Waals surface area contributed by atoms with Gasteiger partial charge in [-0.15, -0.1) is 0 Å². The fraction of sp³-hybridized carbons (Fsp3) is 0.316. The van der Waals surface area contributed by atoms with Crippen LogP contribution in [0.15, 0.2) is 42.5 Å². The molecular formula is C19H20ClFN2O2. The number of anilines is 1. The molecule has 0 saturated carbocycles. The molecule has 0 spiro atoms. The summed E-state index contributed by atoms with van der Waals surface area (Å²) >= 11 is 5.86. The van der Waals surface area contributed by atoms with Gasteiger partial charge < -0.3 is 10.1 Å². The summed E-state index contributed by atoms with van der Waals surface area (Å²) < 4.78 is 18.9. The molecule has 1 aliphatic heterocycles. The molecule has 1 saturated heterocycles. The van der Waals surface area contributed by atoms with Gasteiger partial charge in [0.05, 0.1) is 19.3 Å². The first-order chi connectivity index (χ1) is 12.1. The van der Waals surface area contributed by atoms with Crippen molar-refractivity contribution in [2.75, 3.05) is 25.5 Å². The van der Waals surface area contributed by atoms with E-state index in [9.17, 15) is 9.18 Å². The highest BCUT2D eigenvalue weighted by Gasteiger charge is 2.27.